The molecule has 0 radical (unpaired) electrons. The Hall–Kier alpha value is -1.83. The number of alkyl halides is 3. The first kappa shape index (κ1) is 18.0. The van der Waals surface area contributed by atoms with Crippen LogP contribution >= 0.6 is 0 Å². The third-order valence-electron chi connectivity index (χ3n) is 4.89. The quantitative estimate of drug-likeness (QED) is 0.795. The molecule has 0 spiro atoms. The summed E-state index contributed by atoms with van der Waals surface area (Å²) in [5.41, 5.74) is -0.818. The monoisotopic (exact) mass is 357 g/mol. The van der Waals surface area contributed by atoms with Gasteiger partial charge in [0.1, 0.15) is 6.61 Å². The first-order valence-corrected chi connectivity index (χ1v) is 8.63. The Balaban J connectivity index is 1.37. The summed E-state index contributed by atoms with van der Waals surface area (Å²) in [7, 11) is 0. The number of hydrogen-bond acceptors (Lipinski definition) is 4. The van der Waals surface area contributed by atoms with E-state index >= 15 is 0 Å². The second-order valence-corrected chi connectivity index (χ2v) is 6.63. The van der Waals surface area contributed by atoms with Crippen LogP contribution in [0.2, 0.25) is 0 Å². The first-order valence-electron chi connectivity index (χ1n) is 8.63. The van der Waals surface area contributed by atoms with E-state index in [4.69, 9.17) is 4.74 Å². The van der Waals surface area contributed by atoms with Gasteiger partial charge in [0.2, 0.25) is 11.8 Å². The molecule has 2 aliphatic rings. The summed E-state index contributed by atoms with van der Waals surface area (Å²) < 4.78 is 42.6. The molecule has 0 bridgehead atoms. The summed E-state index contributed by atoms with van der Waals surface area (Å²) >= 11 is 0. The van der Waals surface area contributed by atoms with E-state index in [9.17, 15) is 18.0 Å². The molecule has 1 aromatic heterocycles. The Morgan fingerprint density at radius 2 is 2.12 bits per heavy atom. The molecule has 138 valence electrons. The van der Waals surface area contributed by atoms with E-state index in [0.29, 0.717) is 12.0 Å². The lowest BCUT2D eigenvalue weighted by molar-refractivity contribution is -0.137. The number of aromatic nitrogens is 1. The van der Waals surface area contributed by atoms with Crippen LogP contribution in [0.3, 0.4) is 0 Å². The van der Waals surface area contributed by atoms with Crippen LogP contribution in [0.1, 0.15) is 37.7 Å². The van der Waals surface area contributed by atoms with Crippen LogP contribution in [0.15, 0.2) is 18.3 Å². The highest BCUT2D eigenvalue weighted by atomic mass is 19.4. The Morgan fingerprint density at radius 1 is 1.32 bits per heavy atom. The molecule has 1 amide bonds. The predicted molar refractivity (Wildman–Crippen MR) is 85.0 cm³/mol. The first-order chi connectivity index (χ1) is 11.9. The Bertz CT molecular complexity index is 578. The lowest BCUT2D eigenvalue weighted by atomic mass is 9.85. The van der Waals surface area contributed by atoms with Gasteiger partial charge >= 0.3 is 6.18 Å². The van der Waals surface area contributed by atoms with Crippen LogP contribution in [0.5, 0.6) is 5.88 Å². The number of carbonyl (C=O) groups is 1. The Kier molecular flexibility index (Phi) is 5.46. The number of halogens is 3. The highest BCUT2D eigenvalue weighted by Gasteiger charge is 2.38. The van der Waals surface area contributed by atoms with Crippen LogP contribution in [-0.4, -0.2) is 36.1 Å². The second-order valence-electron chi connectivity index (χ2n) is 6.63. The SMILES string of the molecule is O=C(NCCOc1ccc(C(F)(F)F)cn1)[C@@H]1C[C@@H]2CCCC[C@H]2N1. The van der Waals surface area contributed by atoms with Crippen molar-refractivity contribution >= 4 is 5.91 Å². The minimum absolute atomic E-state index is 0.0432. The largest absolute Gasteiger partial charge is 0.476 e. The third kappa shape index (κ3) is 4.62. The zero-order valence-electron chi connectivity index (χ0n) is 13.8. The summed E-state index contributed by atoms with van der Waals surface area (Å²) in [5.74, 6) is 0.655. The smallest absolute Gasteiger partial charge is 0.417 e. The van der Waals surface area contributed by atoms with Crippen LogP contribution in [0.4, 0.5) is 13.2 Å². The summed E-state index contributed by atoms with van der Waals surface area (Å²) in [5, 5.41) is 6.21. The normalized spacial score (nSPS) is 26.1. The van der Waals surface area contributed by atoms with Gasteiger partial charge in [-0.3, -0.25) is 4.79 Å². The summed E-state index contributed by atoms with van der Waals surface area (Å²) in [6.07, 6.45) is 1.98. The Morgan fingerprint density at radius 3 is 2.80 bits per heavy atom. The van der Waals surface area contributed by atoms with Gasteiger partial charge < -0.3 is 15.4 Å². The van der Waals surface area contributed by atoms with E-state index in [1.54, 1.807) is 0 Å². The summed E-state index contributed by atoms with van der Waals surface area (Å²) in [6, 6.07) is 2.40. The average Bonchev–Trinajstić information content (AvgIpc) is 3.02. The number of pyridine rings is 1. The molecule has 2 heterocycles. The molecule has 1 aliphatic heterocycles. The lowest BCUT2D eigenvalue weighted by Gasteiger charge is -2.24. The number of fused-ring (bicyclic) bond motifs is 1. The van der Waals surface area contributed by atoms with Crippen molar-refractivity contribution in [1.82, 2.24) is 15.6 Å². The summed E-state index contributed by atoms with van der Waals surface area (Å²) in [6.45, 7) is 0.443. The van der Waals surface area contributed by atoms with E-state index in [2.05, 4.69) is 15.6 Å². The van der Waals surface area contributed by atoms with Crippen LogP contribution in [0.25, 0.3) is 0 Å². The molecule has 25 heavy (non-hydrogen) atoms. The molecule has 1 aliphatic carbocycles. The van der Waals surface area contributed by atoms with Crippen molar-refractivity contribution in [2.45, 2.75) is 50.4 Å². The average molecular weight is 357 g/mol. The molecule has 1 aromatic rings. The molecule has 2 N–H and O–H groups in total. The van der Waals surface area contributed by atoms with E-state index in [-0.39, 0.29) is 31.0 Å². The van der Waals surface area contributed by atoms with Crippen molar-refractivity contribution in [2.75, 3.05) is 13.2 Å². The van der Waals surface area contributed by atoms with Crippen LogP contribution < -0.4 is 15.4 Å². The summed E-state index contributed by atoms with van der Waals surface area (Å²) in [4.78, 5) is 15.8. The molecule has 8 heteroatoms. The molecule has 3 rings (SSSR count). The second kappa shape index (κ2) is 7.59. The topological polar surface area (TPSA) is 63.2 Å². The maximum atomic E-state index is 12.4. The number of ether oxygens (including phenoxy) is 1. The fourth-order valence-electron chi connectivity index (χ4n) is 3.61. The fourth-order valence-corrected chi connectivity index (χ4v) is 3.61. The predicted octanol–water partition coefficient (Wildman–Crippen LogP) is 2.52. The lowest BCUT2D eigenvalue weighted by Crippen LogP contribution is -2.44. The van der Waals surface area contributed by atoms with Crippen molar-refractivity contribution in [3.8, 4) is 5.88 Å². The molecule has 0 unspecified atom stereocenters. The zero-order chi connectivity index (χ0) is 17.9. The Labute approximate surface area is 144 Å². The third-order valence-corrected chi connectivity index (χ3v) is 4.89. The molecule has 0 aromatic carbocycles. The molecule has 5 nitrogen and oxygen atoms in total. The zero-order valence-corrected chi connectivity index (χ0v) is 13.8. The number of amides is 1. The molecular weight excluding hydrogens is 335 g/mol. The number of nitrogens with one attached hydrogen (secondary N) is 2. The van der Waals surface area contributed by atoms with Gasteiger partial charge in [-0.15, -0.1) is 0 Å². The molecule has 1 saturated carbocycles. The van der Waals surface area contributed by atoms with Gasteiger partial charge in [-0.05, 0) is 31.2 Å². The molecule has 2 fully saturated rings. The van der Waals surface area contributed by atoms with E-state index in [0.717, 1.165) is 25.1 Å². The number of nitrogens with zero attached hydrogens (tertiary/aromatic N) is 1. The standard InChI is InChI=1S/C17H22F3N3O2/c18-17(19,20)12-5-6-15(22-10-12)25-8-7-21-16(24)14-9-11-3-1-2-4-13(11)23-14/h5-6,10-11,13-14,23H,1-4,7-9H2,(H,21,24)/t11-,13+,14-/m0/s1. The van der Waals surface area contributed by atoms with Crippen LogP contribution in [-0.2, 0) is 11.0 Å². The fraction of sp³-hybridized carbons (Fsp3) is 0.647. The number of hydrogen-bond donors (Lipinski definition) is 2. The van der Waals surface area contributed by atoms with E-state index < -0.39 is 11.7 Å². The highest BCUT2D eigenvalue weighted by Crippen LogP contribution is 2.33. The van der Waals surface area contributed by atoms with E-state index in [1.165, 1.54) is 25.3 Å². The molecule has 1 saturated heterocycles. The minimum Gasteiger partial charge on any atom is -0.476 e. The van der Waals surface area contributed by atoms with Gasteiger partial charge in [0, 0.05) is 18.3 Å². The molecule has 3 atom stereocenters. The maximum absolute atomic E-state index is 12.4. The minimum atomic E-state index is -4.41. The van der Waals surface area contributed by atoms with Gasteiger partial charge in [0.15, 0.2) is 0 Å². The van der Waals surface area contributed by atoms with Gasteiger partial charge in [-0.25, -0.2) is 4.98 Å². The van der Waals surface area contributed by atoms with Gasteiger partial charge in [0.25, 0.3) is 0 Å². The maximum Gasteiger partial charge on any atom is 0.417 e. The number of carbonyl (C=O) groups excluding carboxylic acids is 1. The highest BCUT2D eigenvalue weighted by molar-refractivity contribution is 5.82. The van der Waals surface area contributed by atoms with Gasteiger partial charge in [-0.2, -0.15) is 13.2 Å². The van der Waals surface area contributed by atoms with Crippen molar-refractivity contribution in [1.29, 1.82) is 0 Å². The van der Waals surface area contributed by atoms with Crippen LogP contribution in [0, 0.1) is 5.92 Å². The van der Waals surface area contributed by atoms with Crippen molar-refractivity contribution in [3.05, 3.63) is 23.9 Å². The van der Waals surface area contributed by atoms with Crippen molar-refractivity contribution < 1.29 is 22.7 Å². The van der Waals surface area contributed by atoms with E-state index in [1.807, 2.05) is 0 Å². The van der Waals surface area contributed by atoms with Crippen molar-refractivity contribution in [3.63, 3.8) is 0 Å². The van der Waals surface area contributed by atoms with Gasteiger partial charge in [-0.1, -0.05) is 12.8 Å². The van der Waals surface area contributed by atoms with Crippen molar-refractivity contribution in [2.24, 2.45) is 5.92 Å². The van der Waals surface area contributed by atoms with Gasteiger partial charge in [0.05, 0.1) is 18.2 Å². The molecular formula is C17H22F3N3O2. The number of rotatable bonds is 5.